The van der Waals surface area contributed by atoms with E-state index in [1.165, 1.54) is 24.3 Å². The average molecular weight is 259 g/mol. The highest BCUT2D eigenvalue weighted by Gasteiger charge is 2.40. The Kier molecular flexibility index (Phi) is 3.14. The molecule has 1 aliphatic rings. The molecule has 1 saturated carbocycles. The molecule has 2 heterocycles. The van der Waals surface area contributed by atoms with Gasteiger partial charge in [0.2, 0.25) is 0 Å². The second-order valence-corrected chi connectivity index (χ2v) is 5.80. The summed E-state index contributed by atoms with van der Waals surface area (Å²) < 4.78 is 0. The van der Waals surface area contributed by atoms with Gasteiger partial charge in [-0.15, -0.1) is 11.3 Å². The average Bonchev–Trinajstić information content (AvgIpc) is 2.84. The van der Waals surface area contributed by atoms with Gasteiger partial charge in [0.05, 0.1) is 5.69 Å². The molecule has 0 atom stereocenters. The number of hydrogen-bond acceptors (Lipinski definition) is 4. The first-order valence-corrected chi connectivity index (χ1v) is 7.23. The summed E-state index contributed by atoms with van der Waals surface area (Å²) in [6.07, 6.45) is 7.51. The van der Waals surface area contributed by atoms with Crippen LogP contribution in [0.3, 0.4) is 0 Å². The first kappa shape index (κ1) is 11.8. The van der Waals surface area contributed by atoms with E-state index in [2.05, 4.69) is 21.7 Å². The molecule has 4 heteroatoms. The highest BCUT2D eigenvalue weighted by molar-refractivity contribution is 7.10. The lowest BCUT2D eigenvalue weighted by atomic mass is 9.69. The third-order valence-corrected chi connectivity index (χ3v) is 4.83. The van der Waals surface area contributed by atoms with Crippen molar-refractivity contribution in [2.24, 2.45) is 0 Å². The first-order chi connectivity index (χ1) is 8.84. The fourth-order valence-corrected chi connectivity index (χ4v) is 3.66. The van der Waals surface area contributed by atoms with E-state index < -0.39 is 0 Å². The molecule has 18 heavy (non-hydrogen) atoms. The van der Waals surface area contributed by atoms with Gasteiger partial charge >= 0.3 is 0 Å². The van der Waals surface area contributed by atoms with Crippen LogP contribution in [0, 0.1) is 0 Å². The highest BCUT2D eigenvalue weighted by atomic mass is 32.1. The number of nitrogens with one attached hydrogen (secondary N) is 1. The van der Waals surface area contributed by atoms with Crippen molar-refractivity contribution >= 4 is 11.3 Å². The zero-order chi connectivity index (χ0) is 12.4. The summed E-state index contributed by atoms with van der Waals surface area (Å²) in [6, 6.07) is 4.03. The molecule has 1 fully saturated rings. The van der Waals surface area contributed by atoms with Crippen LogP contribution < -0.4 is 5.32 Å². The fraction of sp³-hybridized carbons (Fsp3) is 0.429. The molecule has 0 bridgehead atoms. The van der Waals surface area contributed by atoms with Crippen LogP contribution in [-0.4, -0.2) is 23.6 Å². The van der Waals surface area contributed by atoms with E-state index in [0.717, 1.165) is 17.8 Å². The van der Waals surface area contributed by atoms with Crippen molar-refractivity contribution in [3.63, 3.8) is 0 Å². The maximum absolute atomic E-state index is 4.83. The Hall–Kier alpha value is -1.26. The van der Waals surface area contributed by atoms with E-state index >= 15 is 0 Å². The van der Waals surface area contributed by atoms with Crippen molar-refractivity contribution in [1.29, 1.82) is 0 Å². The van der Waals surface area contributed by atoms with Crippen LogP contribution in [0.1, 0.15) is 24.3 Å². The van der Waals surface area contributed by atoms with Crippen molar-refractivity contribution in [3.8, 4) is 11.3 Å². The Labute approximate surface area is 111 Å². The lowest BCUT2D eigenvalue weighted by molar-refractivity contribution is 0.238. The molecule has 3 nitrogen and oxygen atoms in total. The Bertz CT molecular complexity index is 517. The zero-order valence-electron chi connectivity index (χ0n) is 10.5. The fourth-order valence-electron chi connectivity index (χ4n) is 2.57. The smallest absolute Gasteiger partial charge is 0.101 e. The lowest BCUT2D eigenvalue weighted by Crippen LogP contribution is -2.42. The lowest BCUT2D eigenvalue weighted by Gasteiger charge is -2.40. The first-order valence-electron chi connectivity index (χ1n) is 6.35. The van der Waals surface area contributed by atoms with Crippen LogP contribution in [0.5, 0.6) is 0 Å². The van der Waals surface area contributed by atoms with Crippen molar-refractivity contribution in [3.05, 3.63) is 34.9 Å². The summed E-state index contributed by atoms with van der Waals surface area (Å²) >= 11 is 1.79. The quantitative estimate of drug-likeness (QED) is 0.917. The normalized spacial score (nSPS) is 17.4. The predicted octanol–water partition coefficient (Wildman–Crippen LogP) is 2.85. The molecule has 1 aliphatic carbocycles. The summed E-state index contributed by atoms with van der Waals surface area (Å²) in [5.74, 6) is 0. The molecule has 2 aromatic rings. The van der Waals surface area contributed by atoms with Crippen LogP contribution in [-0.2, 0) is 5.41 Å². The van der Waals surface area contributed by atoms with Gasteiger partial charge in [-0.05, 0) is 32.0 Å². The van der Waals surface area contributed by atoms with Crippen LogP contribution in [0.4, 0.5) is 0 Å². The predicted molar refractivity (Wildman–Crippen MR) is 74.8 cm³/mol. The number of rotatable bonds is 4. The van der Waals surface area contributed by atoms with Gasteiger partial charge in [0.15, 0.2) is 0 Å². The van der Waals surface area contributed by atoms with E-state index in [4.69, 9.17) is 4.98 Å². The molecule has 3 rings (SSSR count). The minimum absolute atomic E-state index is 0.292. The number of aromatic nitrogens is 2. The summed E-state index contributed by atoms with van der Waals surface area (Å²) in [5, 5.41) is 6.75. The third-order valence-electron chi connectivity index (χ3n) is 3.74. The van der Waals surface area contributed by atoms with Crippen molar-refractivity contribution in [1.82, 2.24) is 15.3 Å². The van der Waals surface area contributed by atoms with Gasteiger partial charge in [-0.1, -0.05) is 6.42 Å². The van der Waals surface area contributed by atoms with Gasteiger partial charge in [0.25, 0.3) is 0 Å². The van der Waals surface area contributed by atoms with Crippen LogP contribution in [0.25, 0.3) is 11.3 Å². The SMILES string of the molecule is CNCC1(c2nc(-c3cccnc3)cs2)CCC1. The van der Waals surface area contributed by atoms with Crippen LogP contribution in [0.15, 0.2) is 29.9 Å². The number of thiazole rings is 1. The molecule has 0 unspecified atom stereocenters. The molecule has 1 N–H and O–H groups in total. The van der Waals surface area contributed by atoms with Crippen LogP contribution in [0.2, 0.25) is 0 Å². The number of hydrogen-bond donors (Lipinski definition) is 1. The van der Waals surface area contributed by atoms with E-state index in [1.54, 1.807) is 17.5 Å². The molecule has 0 amide bonds. The van der Waals surface area contributed by atoms with Gasteiger partial charge in [-0.25, -0.2) is 4.98 Å². The maximum Gasteiger partial charge on any atom is 0.101 e. The van der Waals surface area contributed by atoms with Gasteiger partial charge in [-0.3, -0.25) is 4.98 Å². The number of nitrogens with zero attached hydrogens (tertiary/aromatic N) is 2. The Morgan fingerprint density at radius 2 is 2.33 bits per heavy atom. The molecule has 0 radical (unpaired) electrons. The van der Waals surface area contributed by atoms with Crippen molar-refractivity contribution in [2.75, 3.05) is 13.6 Å². The Morgan fingerprint density at radius 3 is 2.94 bits per heavy atom. The van der Waals surface area contributed by atoms with Crippen molar-refractivity contribution < 1.29 is 0 Å². The summed E-state index contributed by atoms with van der Waals surface area (Å²) in [5.41, 5.74) is 2.46. The molecular weight excluding hydrogens is 242 g/mol. The Balaban J connectivity index is 1.90. The molecule has 0 aromatic carbocycles. The van der Waals surface area contributed by atoms with E-state index in [9.17, 15) is 0 Å². The standard InChI is InChI=1S/C14H17N3S/c1-15-10-14(5-3-6-14)13-17-12(9-18-13)11-4-2-7-16-8-11/h2,4,7-9,15H,3,5-6,10H2,1H3. The second kappa shape index (κ2) is 4.78. The maximum atomic E-state index is 4.83. The number of pyridine rings is 1. The van der Waals surface area contributed by atoms with E-state index in [1.807, 2.05) is 19.3 Å². The summed E-state index contributed by atoms with van der Waals surface area (Å²) in [6.45, 7) is 1.03. The van der Waals surface area contributed by atoms with E-state index in [-0.39, 0.29) is 0 Å². The van der Waals surface area contributed by atoms with Gasteiger partial charge in [-0.2, -0.15) is 0 Å². The summed E-state index contributed by atoms with van der Waals surface area (Å²) in [7, 11) is 2.02. The second-order valence-electron chi connectivity index (χ2n) is 4.94. The minimum Gasteiger partial charge on any atom is -0.319 e. The largest absolute Gasteiger partial charge is 0.319 e. The highest BCUT2D eigenvalue weighted by Crippen LogP contribution is 2.45. The number of likely N-dealkylation sites (N-methyl/N-ethyl adjacent to an activating group) is 1. The topological polar surface area (TPSA) is 37.8 Å². The summed E-state index contributed by atoms with van der Waals surface area (Å²) in [4.78, 5) is 8.99. The van der Waals surface area contributed by atoms with Gasteiger partial charge in [0.1, 0.15) is 5.01 Å². The molecule has 0 spiro atoms. The molecule has 94 valence electrons. The Morgan fingerprint density at radius 1 is 1.44 bits per heavy atom. The van der Waals surface area contributed by atoms with E-state index in [0.29, 0.717) is 5.41 Å². The third kappa shape index (κ3) is 1.95. The molecule has 2 aromatic heterocycles. The molecule has 0 aliphatic heterocycles. The van der Waals surface area contributed by atoms with Gasteiger partial charge < -0.3 is 5.32 Å². The monoisotopic (exact) mass is 259 g/mol. The molecular formula is C14H17N3S. The minimum atomic E-state index is 0.292. The van der Waals surface area contributed by atoms with Crippen LogP contribution >= 0.6 is 11.3 Å². The zero-order valence-corrected chi connectivity index (χ0v) is 11.3. The van der Waals surface area contributed by atoms with Crippen molar-refractivity contribution in [2.45, 2.75) is 24.7 Å². The van der Waals surface area contributed by atoms with Gasteiger partial charge in [0, 0.05) is 35.3 Å². The molecule has 0 saturated heterocycles.